The molecule has 6 nitrogen and oxygen atoms in total. The predicted molar refractivity (Wildman–Crippen MR) is 63.1 cm³/mol. The Morgan fingerprint density at radius 2 is 1.50 bits per heavy atom. The van der Waals surface area contributed by atoms with Crippen molar-refractivity contribution in [1.29, 1.82) is 0 Å². The topological polar surface area (TPSA) is 129 Å². The number of Topliss-reactive ketones (excluding diaryl/α,β-unsaturated/α-hetero) is 3. The Morgan fingerprint density at radius 1 is 0.944 bits per heavy atom. The van der Waals surface area contributed by atoms with Crippen molar-refractivity contribution in [3.63, 3.8) is 0 Å². The number of hydrogen-bond donors (Lipinski definition) is 3. The largest absolute Gasteiger partial charge is 0.312 e. The van der Waals surface area contributed by atoms with Gasteiger partial charge in [-0.1, -0.05) is 30.3 Å². The van der Waals surface area contributed by atoms with E-state index in [4.69, 9.17) is 17.2 Å². The number of carbonyl (C=O) groups excluding carboxylic acids is 3. The van der Waals surface area contributed by atoms with Crippen LogP contribution in [0.2, 0.25) is 0 Å². The lowest BCUT2D eigenvalue weighted by atomic mass is 9.68. The Kier molecular flexibility index (Phi) is 2.66. The molecule has 94 valence electrons. The summed E-state index contributed by atoms with van der Waals surface area (Å²) in [5, 5.41) is 0. The molecule has 0 aliphatic heterocycles. The van der Waals surface area contributed by atoms with Crippen LogP contribution in [0.25, 0.3) is 0 Å². The average Bonchev–Trinajstić information content (AvgIpc) is 2.34. The SMILES string of the molecule is NC1(N)CC(=O)C(=O)C(=O)C1(N)c1ccccc1. The molecule has 1 atom stereocenters. The van der Waals surface area contributed by atoms with Gasteiger partial charge in [0, 0.05) is 6.42 Å². The van der Waals surface area contributed by atoms with Gasteiger partial charge in [-0.25, -0.2) is 0 Å². The minimum Gasteiger partial charge on any atom is -0.312 e. The molecule has 6 heteroatoms. The van der Waals surface area contributed by atoms with E-state index in [-0.39, 0.29) is 0 Å². The molecule has 0 spiro atoms. The van der Waals surface area contributed by atoms with Crippen molar-refractivity contribution >= 4 is 17.3 Å². The van der Waals surface area contributed by atoms with Crippen LogP contribution in [0.1, 0.15) is 12.0 Å². The van der Waals surface area contributed by atoms with Crippen LogP contribution in [0.3, 0.4) is 0 Å². The summed E-state index contributed by atoms with van der Waals surface area (Å²) in [7, 11) is 0. The molecule has 0 bridgehead atoms. The number of ketones is 3. The maximum absolute atomic E-state index is 12.0. The summed E-state index contributed by atoms with van der Waals surface area (Å²) >= 11 is 0. The van der Waals surface area contributed by atoms with Gasteiger partial charge >= 0.3 is 0 Å². The zero-order chi connectivity index (χ0) is 13.6. The van der Waals surface area contributed by atoms with Gasteiger partial charge in [0.25, 0.3) is 5.78 Å². The standard InChI is InChI=1S/C12H13N3O3/c13-11(14)6-8(16)9(17)10(18)12(11,15)7-4-2-1-3-5-7/h1-5H,6,13-15H2. The molecule has 0 aromatic heterocycles. The first-order chi connectivity index (χ1) is 8.30. The van der Waals surface area contributed by atoms with Gasteiger partial charge in [0.05, 0.1) is 0 Å². The van der Waals surface area contributed by atoms with Gasteiger partial charge < -0.3 is 17.2 Å². The Bertz CT molecular complexity index is 539. The van der Waals surface area contributed by atoms with Crippen molar-refractivity contribution in [3.05, 3.63) is 35.9 Å². The zero-order valence-electron chi connectivity index (χ0n) is 9.55. The Morgan fingerprint density at radius 3 is 2.06 bits per heavy atom. The number of benzene rings is 1. The number of hydrogen-bond acceptors (Lipinski definition) is 6. The van der Waals surface area contributed by atoms with E-state index in [9.17, 15) is 14.4 Å². The summed E-state index contributed by atoms with van der Waals surface area (Å²) < 4.78 is 0. The highest BCUT2D eigenvalue weighted by Crippen LogP contribution is 2.33. The van der Waals surface area contributed by atoms with Crippen molar-refractivity contribution in [3.8, 4) is 0 Å². The maximum Gasteiger partial charge on any atom is 0.266 e. The first-order valence-corrected chi connectivity index (χ1v) is 5.35. The number of nitrogens with two attached hydrogens (primary N) is 3. The van der Waals surface area contributed by atoms with Gasteiger partial charge in [0.15, 0.2) is 0 Å². The van der Waals surface area contributed by atoms with E-state index in [2.05, 4.69) is 0 Å². The molecule has 1 aliphatic carbocycles. The highest BCUT2D eigenvalue weighted by Gasteiger charge is 2.59. The maximum atomic E-state index is 12.0. The fraction of sp³-hybridized carbons (Fsp3) is 0.250. The monoisotopic (exact) mass is 247 g/mol. The zero-order valence-corrected chi connectivity index (χ0v) is 9.55. The third-order valence-corrected chi connectivity index (χ3v) is 3.23. The quantitative estimate of drug-likeness (QED) is 0.412. The smallest absolute Gasteiger partial charge is 0.266 e. The lowest BCUT2D eigenvalue weighted by Gasteiger charge is -2.43. The molecule has 18 heavy (non-hydrogen) atoms. The van der Waals surface area contributed by atoms with Crippen molar-refractivity contribution in [1.82, 2.24) is 0 Å². The number of rotatable bonds is 1. The van der Waals surface area contributed by atoms with E-state index in [0.717, 1.165) is 0 Å². The third kappa shape index (κ3) is 1.51. The molecule has 1 aromatic rings. The minimum atomic E-state index is -1.88. The molecule has 6 N–H and O–H groups in total. The predicted octanol–water partition coefficient (Wildman–Crippen LogP) is -1.43. The summed E-state index contributed by atoms with van der Waals surface area (Å²) in [4.78, 5) is 34.9. The third-order valence-electron chi connectivity index (χ3n) is 3.23. The van der Waals surface area contributed by atoms with Crippen LogP contribution in [-0.4, -0.2) is 23.0 Å². The molecule has 0 radical (unpaired) electrons. The Labute approximate surface area is 103 Å². The summed E-state index contributed by atoms with van der Waals surface area (Å²) in [5.41, 5.74) is 14.2. The molecule has 1 aliphatic rings. The van der Waals surface area contributed by atoms with Crippen molar-refractivity contribution in [2.45, 2.75) is 17.6 Å². The summed E-state index contributed by atoms with van der Waals surface area (Å²) in [6, 6.07) is 8.12. The van der Waals surface area contributed by atoms with Crippen LogP contribution in [0.4, 0.5) is 0 Å². The lowest BCUT2D eigenvalue weighted by molar-refractivity contribution is -0.151. The van der Waals surface area contributed by atoms with Crippen LogP contribution < -0.4 is 17.2 Å². The molecule has 0 amide bonds. The van der Waals surface area contributed by atoms with Crippen molar-refractivity contribution < 1.29 is 14.4 Å². The van der Waals surface area contributed by atoms with Crippen LogP contribution in [0, 0.1) is 0 Å². The molecule has 0 saturated heterocycles. The summed E-state index contributed by atoms with van der Waals surface area (Å²) in [6.07, 6.45) is -0.455. The Balaban J connectivity index is 2.62. The molecule has 1 fully saturated rings. The fourth-order valence-electron chi connectivity index (χ4n) is 2.10. The van der Waals surface area contributed by atoms with Crippen LogP contribution in [0.15, 0.2) is 30.3 Å². The van der Waals surface area contributed by atoms with Gasteiger partial charge in [-0.2, -0.15) is 0 Å². The van der Waals surface area contributed by atoms with Crippen molar-refractivity contribution in [2.24, 2.45) is 17.2 Å². The van der Waals surface area contributed by atoms with Crippen LogP contribution >= 0.6 is 0 Å². The summed E-state index contributed by atoms with van der Waals surface area (Å²) in [6.45, 7) is 0. The minimum absolute atomic E-state index is 0.320. The van der Waals surface area contributed by atoms with Gasteiger partial charge in [-0.05, 0) is 5.56 Å². The molecular weight excluding hydrogens is 234 g/mol. The lowest BCUT2D eigenvalue weighted by Crippen LogP contribution is -2.77. The second-order valence-electron chi connectivity index (χ2n) is 4.47. The van der Waals surface area contributed by atoms with Crippen LogP contribution in [-0.2, 0) is 19.9 Å². The first-order valence-electron chi connectivity index (χ1n) is 5.35. The van der Waals surface area contributed by atoms with E-state index in [1.54, 1.807) is 30.3 Å². The molecule has 1 unspecified atom stereocenters. The van der Waals surface area contributed by atoms with E-state index in [1.165, 1.54) is 0 Å². The second kappa shape index (κ2) is 3.81. The molecule has 0 heterocycles. The van der Waals surface area contributed by atoms with E-state index in [0.29, 0.717) is 5.56 Å². The second-order valence-corrected chi connectivity index (χ2v) is 4.47. The molecule has 1 aromatic carbocycles. The van der Waals surface area contributed by atoms with Gasteiger partial charge in [-0.3, -0.25) is 14.4 Å². The highest BCUT2D eigenvalue weighted by molar-refractivity contribution is 6.66. The van der Waals surface area contributed by atoms with E-state index < -0.39 is 35.0 Å². The van der Waals surface area contributed by atoms with Crippen molar-refractivity contribution in [2.75, 3.05) is 0 Å². The van der Waals surface area contributed by atoms with E-state index >= 15 is 0 Å². The molecule has 1 saturated carbocycles. The summed E-state index contributed by atoms with van der Waals surface area (Å²) in [5.74, 6) is -3.11. The normalized spacial score (nSPS) is 27.4. The highest BCUT2D eigenvalue weighted by atomic mass is 16.2. The number of carbonyl (C=O) groups is 3. The van der Waals surface area contributed by atoms with Crippen LogP contribution in [0.5, 0.6) is 0 Å². The first kappa shape index (κ1) is 12.6. The average molecular weight is 247 g/mol. The van der Waals surface area contributed by atoms with Gasteiger partial charge in [-0.15, -0.1) is 0 Å². The molecular formula is C12H13N3O3. The van der Waals surface area contributed by atoms with Gasteiger partial charge in [0.1, 0.15) is 11.2 Å². The molecule has 2 rings (SSSR count). The fourth-order valence-corrected chi connectivity index (χ4v) is 2.10. The van der Waals surface area contributed by atoms with E-state index in [1.807, 2.05) is 0 Å². The Hall–Kier alpha value is -1.89. The van der Waals surface area contributed by atoms with Gasteiger partial charge in [0.2, 0.25) is 11.6 Å².